The molecule has 9 heteroatoms. The van der Waals surface area contributed by atoms with Gasteiger partial charge in [0.1, 0.15) is 5.75 Å². The molecule has 0 saturated carbocycles. The van der Waals surface area contributed by atoms with Gasteiger partial charge in [-0.3, -0.25) is 4.79 Å². The van der Waals surface area contributed by atoms with E-state index in [9.17, 15) is 9.35 Å². The topological polar surface area (TPSA) is 105 Å². The molecule has 30 heavy (non-hydrogen) atoms. The van der Waals surface area contributed by atoms with Gasteiger partial charge in [-0.2, -0.15) is 4.52 Å². The first-order valence-electron chi connectivity index (χ1n) is 9.52. The predicted molar refractivity (Wildman–Crippen MR) is 114 cm³/mol. The Kier molecular flexibility index (Phi) is 5.76. The summed E-state index contributed by atoms with van der Waals surface area (Å²) in [5, 5.41) is 8.95. The summed E-state index contributed by atoms with van der Waals surface area (Å²) in [7, 11) is 1.64. The van der Waals surface area contributed by atoms with E-state index in [1.807, 2.05) is 32.0 Å². The van der Waals surface area contributed by atoms with Crippen molar-refractivity contribution >= 4 is 27.7 Å². The monoisotopic (exact) mass is 426 g/mol. The molecule has 0 bridgehead atoms. The van der Waals surface area contributed by atoms with Gasteiger partial charge in [-0.25, -0.2) is 0 Å². The van der Waals surface area contributed by atoms with Crippen LogP contribution in [0, 0.1) is 13.8 Å². The average molecular weight is 426 g/mol. The number of H-pyrrole nitrogens is 1. The number of nitrogens with one attached hydrogen (secondary N) is 1. The first kappa shape index (κ1) is 20.4. The van der Waals surface area contributed by atoms with Gasteiger partial charge in [-0.15, -0.1) is 0 Å². The van der Waals surface area contributed by atoms with Gasteiger partial charge < -0.3 is 19.0 Å². The van der Waals surface area contributed by atoms with Crippen LogP contribution in [0.25, 0.3) is 16.6 Å². The number of aromatic nitrogens is 4. The standard InChI is InChI=1S/C21H22N4O4S/c1-13-5-8-18(14(2)11-13)30(27)21-19-22-20(26)16-7-6-15(29-10-4-9-28-3)12-17(16)25(19)24-23-21/h5-8,11-12H,4,9-10H2,1-3H3,(H,22,26). The lowest BCUT2D eigenvalue weighted by Gasteiger charge is -2.10. The van der Waals surface area contributed by atoms with Crippen LogP contribution >= 0.6 is 0 Å². The summed E-state index contributed by atoms with van der Waals surface area (Å²) in [6.45, 7) is 4.97. The van der Waals surface area contributed by atoms with Crippen LogP contribution in [0.15, 0.2) is 51.1 Å². The predicted octanol–water partition coefficient (Wildman–Crippen LogP) is 2.77. The van der Waals surface area contributed by atoms with Gasteiger partial charge in [-0.05, 0) is 32.0 Å². The van der Waals surface area contributed by atoms with E-state index < -0.39 is 11.2 Å². The second-order valence-corrected chi connectivity index (χ2v) is 8.38. The maximum absolute atomic E-state index is 13.2. The Hall–Kier alpha value is -2.88. The highest BCUT2D eigenvalue weighted by Gasteiger charge is 2.26. The summed E-state index contributed by atoms with van der Waals surface area (Å²) in [6.07, 6.45) is 0.752. The van der Waals surface area contributed by atoms with E-state index in [2.05, 4.69) is 15.3 Å². The van der Waals surface area contributed by atoms with Crippen LogP contribution in [0.1, 0.15) is 17.5 Å². The lowest BCUT2D eigenvalue weighted by atomic mass is 10.2. The highest BCUT2D eigenvalue weighted by atomic mass is 32.2. The fourth-order valence-corrected chi connectivity index (χ4v) is 4.49. The molecule has 4 rings (SSSR count). The van der Waals surface area contributed by atoms with Crippen LogP contribution in [0.4, 0.5) is 0 Å². The molecule has 0 aliphatic rings. The molecule has 2 heterocycles. The SMILES string of the molecule is COCCCOc1ccc2c(=O)[nH]c3c([S+]([O-])c4ccc(C)cc4C)nnn3c2c1. The van der Waals surface area contributed by atoms with E-state index in [4.69, 9.17) is 9.47 Å². The maximum atomic E-state index is 13.2. The molecule has 156 valence electrons. The first-order chi connectivity index (χ1) is 14.5. The minimum atomic E-state index is -1.58. The second kappa shape index (κ2) is 8.47. The van der Waals surface area contributed by atoms with Gasteiger partial charge >= 0.3 is 5.03 Å². The van der Waals surface area contributed by atoms with Crippen molar-refractivity contribution < 1.29 is 14.0 Å². The number of hydrogen-bond donors (Lipinski definition) is 1. The molecule has 1 unspecified atom stereocenters. The van der Waals surface area contributed by atoms with Crippen molar-refractivity contribution in [3.05, 3.63) is 57.9 Å². The highest BCUT2D eigenvalue weighted by Crippen LogP contribution is 2.27. The van der Waals surface area contributed by atoms with E-state index in [0.717, 1.165) is 17.5 Å². The summed E-state index contributed by atoms with van der Waals surface area (Å²) >= 11 is -1.58. The Bertz CT molecular complexity index is 1270. The van der Waals surface area contributed by atoms with E-state index in [0.29, 0.717) is 40.4 Å². The number of fused-ring (bicyclic) bond motifs is 3. The van der Waals surface area contributed by atoms with Crippen LogP contribution in [0.2, 0.25) is 0 Å². The van der Waals surface area contributed by atoms with Gasteiger partial charge in [0, 0.05) is 42.9 Å². The zero-order valence-corrected chi connectivity index (χ0v) is 17.8. The van der Waals surface area contributed by atoms with Crippen molar-refractivity contribution in [2.24, 2.45) is 0 Å². The Morgan fingerprint density at radius 1 is 1.17 bits per heavy atom. The molecule has 0 aliphatic carbocycles. The summed E-state index contributed by atoms with van der Waals surface area (Å²) in [6, 6.07) is 10.8. The van der Waals surface area contributed by atoms with Crippen molar-refractivity contribution in [2.45, 2.75) is 30.2 Å². The quantitative estimate of drug-likeness (QED) is 0.360. The molecular weight excluding hydrogens is 404 g/mol. The van der Waals surface area contributed by atoms with E-state index >= 15 is 0 Å². The Labute approximate surface area is 176 Å². The van der Waals surface area contributed by atoms with Crippen molar-refractivity contribution in [1.29, 1.82) is 0 Å². The molecule has 0 radical (unpaired) electrons. The Morgan fingerprint density at radius 2 is 2.00 bits per heavy atom. The summed E-state index contributed by atoms with van der Waals surface area (Å²) in [5.41, 5.74) is 2.52. The lowest BCUT2D eigenvalue weighted by Crippen LogP contribution is -2.13. The molecule has 0 aliphatic heterocycles. The number of nitrogens with zero attached hydrogens (tertiary/aromatic N) is 3. The number of aromatic amines is 1. The van der Waals surface area contributed by atoms with Crippen molar-refractivity contribution in [3.8, 4) is 5.75 Å². The Morgan fingerprint density at radius 3 is 2.77 bits per heavy atom. The van der Waals surface area contributed by atoms with Gasteiger partial charge in [-0.1, -0.05) is 28.0 Å². The molecule has 4 aromatic rings. The molecule has 1 atom stereocenters. The maximum Gasteiger partial charge on any atom is 0.313 e. The molecule has 0 fully saturated rings. The van der Waals surface area contributed by atoms with Crippen LogP contribution in [0.5, 0.6) is 5.75 Å². The van der Waals surface area contributed by atoms with Gasteiger partial charge in [0.25, 0.3) is 5.56 Å². The normalized spacial score (nSPS) is 12.5. The number of benzene rings is 2. The van der Waals surface area contributed by atoms with Crippen LogP contribution in [-0.2, 0) is 15.9 Å². The molecule has 2 aromatic heterocycles. The summed E-state index contributed by atoms with van der Waals surface area (Å²) in [4.78, 5) is 16.1. The van der Waals surface area contributed by atoms with Gasteiger partial charge in [0.15, 0.2) is 4.90 Å². The Balaban J connectivity index is 1.77. The van der Waals surface area contributed by atoms with Crippen molar-refractivity contribution in [3.63, 3.8) is 0 Å². The first-order valence-corrected chi connectivity index (χ1v) is 10.7. The highest BCUT2D eigenvalue weighted by molar-refractivity contribution is 7.91. The minimum absolute atomic E-state index is 0.215. The molecule has 0 saturated heterocycles. The summed E-state index contributed by atoms with van der Waals surface area (Å²) < 4.78 is 25.5. The van der Waals surface area contributed by atoms with Gasteiger partial charge in [0.05, 0.1) is 17.5 Å². The smallest absolute Gasteiger partial charge is 0.313 e. The van der Waals surface area contributed by atoms with Crippen LogP contribution < -0.4 is 10.3 Å². The number of aryl methyl sites for hydroxylation is 2. The summed E-state index contributed by atoms with van der Waals surface area (Å²) in [5.74, 6) is 0.609. The third-order valence-electron chi connectivity index (χ3n) is 4.78. The van der Waals surface area contributed by atoms with Gasteiger partial charge in [0.2, 0.25) is 5.65 Å². The fraction of sp³-hybridized carbons (Fsp3) is 0.286. The zero-order valence-electron chi connectivity index (χ0n) is 17.0. The molecule has 2 aromatic carbocycles. The molecular formula is C21H22N4O4S. The third-order valence-corrected chi connectivity index (χ3v) is 6.26. The van der Waals surface area contributed by atoms with E-state index in [-0.39, 0.29) is 10.6 Å². The fourth-order valence-electron chi connectivity index (χ4n) is 3.32. The second-order valence-electron chi connectivity index (χ2n) is 7.02. The molecule has 0 amide bonds. The number of hydrogen-bond acceptors (Lipinski definition) is 6. The molecule has 0 spiro atoms. The number of rotatable bonds is 7. The van der Waals surface area contributed by atoms with E-state index in [1.54, 1.807) is 25.3 Å². The zero-order chi connectivity index (χ0) is 21.3. The molecule has 1 N–H and O–H groups in total. The number of methoxy groups -OCH3 is 1. The van der Waals surface area contributed by atoms with Crippen LogP contribution in [0.3, 0.4) is 0 Å². The van der Waals surface area contributed by atoms with Crippen molar-refractivity contribution in [1.82, 2.24) is 19.8 Å². The van der Waals surface area contributed by atoms with Crippen molar-refractivity contribution in [2.75, 3.05) is 20.3 Å². The minimum Gasteiger partial charge on any atom is -0.605 e. The molecule has 8 nitrogen and oxygen atoms in total. The number of ether oxygens (including phenoxy) is 2. The lowest BCUT2D eigenvalue weighted by molar-refractivity contribution is 0.172. The third kappa shape index (κ3) is 3.79. The largest absolute Gasteiger partial charge is 0.605 e. The average Bonchev–Trinajstić information content (AvgIpc) is 3.15. The van der Waals surface area contributed by atoms with E-state index in [1.165, 1.54) is 4.52 Å². The van der Waals surface area contributed by atoms with Crippen LogP contribution in [-0.4, -0.2) is 44.7 Å².